The minimum Gasteiger partial charge on any atom is -0.480 e. The molecule has 1 saturated heterocycles. The van der Waals surface area contributed by atoms with Gasteiger partial charge < -0.3 is 15.4 Å². The molecule has 1 aliphatic rings. The molecule has 1 atom stereocenters. The van der Waals surface area contributed by atoms with Crippen LogP contribution in [-0.2, 0) is 4.79 Å². The molecule has 1 amide bonds. The summed E-state index contributed by atoms with van der Waals surface area (Å²) in [4.78, 5) is 14.2. The molecule has 1 unspecified atom stereocenters. The summed E-state index contributed by atoms with van der Waals surface area (Å²) in [6.07, 6.45) is 1.51. The van der Waals surface area contributed by atoms with E-state index < -0.39 is 6.10 Å². The number of nitrogens with zero attached hydrogens (tertiary/aromatic N) is 1. The summed E-state index contributed by atoms with van der Waals surface area (Å²) in [6, 6.07) is 7.57. The molecule has 1 aromatic carbocycles. The van der Waals surface area contributed by atoms with Gasteiger partial charge >= 0.3 is 0 Å². The number of amides is 1. The van der Waals surface area contributed by atoms with Crippen molar-refractivity contribution in [2.24, 2.45) is 11.7 Å². The molecule has 1 fully saturated rings. The van der Waals surface area contributed by atoms with Gasteiger partial charge in [-0.2, -0.15) is 0 Å². The zero-order valence-electron chi connectivity index (χ0n) is 12.1. The van der Waals surface area contributed by atoms with Gasteiger partial charge in [0.2, 0.25) is 0 Å². The Labute approximate surface area is 140 Å². The van der Waals surface area contributed by atoms with Crippen LogP contribution in [0.3, 0.4) is 0 Å². The van der Waals surface area contributed by atoms with Crippen LogP contribution in [0.2, 0.25) is 0 Å². The van der Waals surface area contributed by atoms with E-state index in [0.717, 1.165) is 30.4 Å². The molecule has 6 heteroatoms. The number of halogens is 2. The Bertz CT molecular complexity index is 465. The normalized spacial score (nSPS) is 17.0. The molecular weight excluding hydrogens is 356 g/mol. The van der Waals surface area contributed by atoms with E-state index in [9.17, 15) is 4.79 Å². The third kappa shape index (κ3) is 4.87. The zero-order chi connectivity index (χ0) is 14.5. The van der Waals surface area contributed by atoms with Gasteiger partial charge in [-0.25, -0.2) is 0 Å². The van der Waals surface area contributed by atoms with Crippen LogP contribution in [0.15, 0.2) is 28.7 Å². The van der Waals surface area contributed by atoms with E-state index in [1.807, 2.05) is 29.2 Å². The van der Waals surface area contributed by atoms with E-state index in [-0.39, 0.29) is 18.3 Å². The maximum absolute atomic E-state index is 12.4. The van der Waals surface area contributed by atoms with Gasteiger partial charge in [-0.05, 0) is 60.3 Å². The van der Waals surface area contributed by atoms with Crippen molar-refractivity contribution in [2.45, 2.75) is 25.9 Å². The zero-order valence-corrected chi connectivity index (χ0v) is 14.5. The second kappa shape index (κ2) is 8.61. The fourth-order valence-corrected chi connectivity index (χ4v) is 2.81. The van der Waals surface area contributed by atoms with Crippen molar-refractivity contribution in [1.82, 2.24) is 4.90 Å². The number of nitrogens with two attached hydrogens (primary N) is 1. The fourth-order valence-electron chi connectivity index (χ4n) is 2.43. The predicted molar refractivity (Wildman–Crippen MR) is 89.8 cm³/mol. The van der Waals surface area contributed by atoms with Crippen molar-refractivity contribution in [2.75, 3.05) is 19.6 Å². The SMILES string of the molecule is CC(Oc1ccccc1Br)C(=O)N1CCC(CN)CC1.Cl. The van der Waals surface area contributed by atoms with Crippen LogP contribution in [-0.4, -0.2) is 36.5 Å². The topological polar surface area (TPSA) is 55.6 Å². The molecule has 0 aliphatic carbocycles. The molecule has 0 spiro atoms. The van der Waals surface area contributed by atoms with Gasteiger partial charge in [0.15, 0.2) is 6.10 Å². The number of benzene rings is 1. The third-order valence-electron chi connectivity index (χ3n) is 3.75. The lowest BCUT2D eigenvalue weighted by Crippen LogP contribution is -2.45. The van der Waals surface area contributed by atoms with Gasteiger partial charge in [0, 0.05) is 13.1 Å². The summed E-state index contributed by atoms with van der Waals surface area (Å²) in [5, 5.41) is 0. The molecule has 0 bridgehead atoms. The minimum atomic E-state index is -0.469. The molecule has 1 aromatic rings. The van der Waals surface area contributed by atoms with Crippen LogP contribution in [0.1, 0.15) is 19.8 Å². The van der Waals surface area contributed by atoms with Gasteiger partial charge in [0.1, 0.15) is 5.75 Å². The number of para-hydroxylation sites is 1. The fraction of sp³-hybridized carbons (Fsp3) is 0.533. The van der Waals surface area contributed by atoms with Crippen LogP contribution in [0, 0.1) is 5.92 Å². The molecule has 4 nitrogen and oxygen atoms in total. The smallest absolute Gasteiger partial charge is 0.263 e. The highest BCUT2D eigenvalue weighted by Crippen LogP contribution is 2.25. The molecule has 0 saturated carbocycles. The number of likely N-dealkylation sites (tertiary alicyclic amines) is 1. The van der Waals surface area contributed by atoms with Gasteiger partial charge in [-0.15, -0.1) is 12.4 Å². The molecule has 2 N–H and O–H groups in total. The molecule has 118 valence electrons. The number of carbonyl (C=O) groups excluding carboxylic acids is 1. The molecular formula is C15H22BrClN2O2. The predicted octanol–water partition coefficient (Wildman–Crippen LogP) is 2.84. The van der Waals surface area contributed by atoms with Crippen LogP contribution >= 0.6 is 28.3 Å². The Kier molecular flexibility index (Phi) is 7.49. The van der Waals surface area contributed by atoms with Crippen LogP contribution < -0.4 is 10.5 Å². The highest BCUT2D eigenvalue weighted by Gasteiger charge is 2.26. The lowest BCUT2D eigenvalue weighted by Gasteiger charge is -2.33. The molecule has 0 aromatic heterocycles. The molecule has 1 aliphatic heterocycles. The van der Waals surface area contributed by atoms with E-state index in [1.165, 1.54) is 0 Å². The number of hydrogen-bond acceptors (Lipinski definition) is 3. The second-order valence-corrected chi connectivity index (χ2v) is 6.05. The van der Waals surface area contributed by atoms with Crippen LogP contribution in [0.25, 0.3) is 0 Å². The van der Waals surface area contributed by atoms with Gasteiger partial charge in [-0.3, -0.25) is 4.79 Å². The lowest BCUT2D eigenvalue weighted by atomic mass is 9.97. The van der Waals surface area contributed by atoms with Crippen LogP contribution in [0.5, 0.6) is 5.75 Å². The standard InChI is InChI=1S/C15H21BrN2O2.ClH/c1-11(20-14-5-3-2-4-13(14)16)15(19)18-8-6-12(10-17)7-9-18;/h2-5,11-12H,6-10,17H2,1H3;1H. The third-order valence-corrected chi connectivity index (χ3v) is 4.40. The molecule has 21 heavy (non-hydrogen) atoms. The first-order valence-corrected chi connectivity index (χ1v) is 7.81. The van der Waals surface area contributed by atoms with E-state index in [0.29, 0.717) is 18.2 Å². The Balaban J connectivity index is 0.00000220. The second-order valence-electron chi connectivity index (χ2n) is 5.19. The number of carbonyl (C=O) groups is 1. The van der Waals surface area contributed by atoms with E-state index in [4.69, 9.17) is 10.5 Å². The van der Waals surface area contributed by atoms with Crippen molar-refractivity contribution in [3.05, 3.63) is 28.7 Å². The maximum atomic E-state index is 12.4. The van der Waals surface area contributed by atoms with E-state index in [1.54, 1.807) is 6.92 Å². The van der Waals surface area contributed by atoms with Gasteiger partial charge in [0.05, 0.1) is 4.47 Å². The first-order chi connectivity index (χ1) is 9.61. The monoisotopic (exact) mass is 376 g/mol. The number of hydrogen-bond donors (Lipinski definition) is 1. The van der Waals surface area contributed by atoms with Crippen molar-refractivity contribution in [3.63, 3.8) is 0 Å². The molecule has 1 heterocycles. The van der Waals surface area contributed by atoms with Crippen LogP contribution in [0.4, 0.5) is 0 Å². The average molecular weight is 378 g/mol. The highest BCUT2D eigenvalue weighted by molar-refractivity contribution is 9.10. The maximum Gasteiger partial charge on any atom is 0.263 e. The van der Waals surface area contributed by atoms with Crippen molar-refractivity contribution in [1.29, 1.82) is 0 Å². The number of ether oxygens (including phenoxy) is 1. The molecule has 2 rings (SSSR count). The summed E-state index contributed by atoms with van der Waals surface area (Å²) >= 11 is 3.42. The first kappa shape index (κ1) is 18.3. The number of rotatable bonds is 4. The largest absolute Gasteiger partial charge is 0.480 e. The highest BCUT2D eigenvalue weighted by atomic mass is 79.9. The quantitative estimate of drug-likeness (QED) is 0.878. The minimum absolute atomic E-state index is 0. The van der Waals surface area contributed by atoms with Crippen molar-refractivity contribution >= 4 is 34.2 Å². The Morgan fingerprint density at radius 1 is 1.43 bits per heavy atom. The summed E-state index contributed by atoms with van der Waals surface area (Å²) in [6.45, 7) is 4.08. The lowest BCUT2D eigenvalue weighted by molar-refractivity contribution is -0.139. The summed E-state index contributed by atoms with van der Waals surface area (Å²) < 4.78 is 6.61. The summed E-state index contributed by atoms with van der Waals surface area (Å²) in [7, 11) is 0. The van der Waals surface area contributed by atoms with Crippen molar-refractivity contribution < 1.29 is 9.53 Å². The van der Waals surface area contributed by atoms with Gasteiger partial charge in [-0.1, -0.05) is 12.1 Å². The van der Waals surface area contributed by atoms with E-state index >= 15 is 0 Å². The Hall–Kier alpha value is -0.780. The first-order valence-electron chi connectivity index (χ1n) is 7.02. The summed E-state index contributed by atoms with van der Waals surface area (Å²) in [5.41, 5.74) is 5.67. The molecule has 0 radical (unpaired) electrons. The Morgan fingerprint density at radius 2 is 2.05 bits per heavy atom. The van der Waals surface area contributed by atoms with Gasteiger partial charge in [0.25, 0.3) is 5.91 Å². The Morgan fingerprint density at radius 3 is 2.62 bits per heavy atom. The van der Waals surface area contributed by atoms with Crippen molar-refractivity contribution in [3.8, 4) is 5.75 Å². The summed E-state index contributed by atoms with van der Waals surface area (Å²) in [5.74, 6) is 1.31. The number of piperidine rings is 1. The average Bonchev–Trinajstić information content (AvgIpc) is 2.49. The van der Waals surface area contributed by atoms with E-state index in [2.05, 4.69) is 15.9 Å².